The Bertz CT molecular complexity index is 2920. The Kier molecular flexibility index (Phi) is 5.74. The van der Waals surface area contributed by atoms with E-state index in [-0.39, 0.29) is 0 Å². The minimum atomic E-state index is 0.514. The second-order valence-electron chi connectivity index (χ2n) is 13.3. The van der Waals surface area contributed by atoms with Crippen LogP contribution in [-0.4, -0.2) is 13.7 Å². The van der Waals surface area contributed by atoms with E-state index >= 15 is 0 Å². The fourth-order valence-corrected chi connectivity index (χ4v) is 8.36. The minimum absolute atomic E-state index is 0.514. The first-order valence-corrected chi connectivity index (χ1v) is 17.4. The van der Waals surface area contributed by atoms with Gasteiger partial charge in [-0.25, -0.2) is 0 Å². The molecule has 0 aliphatic carbocycles. The molecular weight excluding hydrogens is 619 g/mol. The number of hydrogen-bond acceptors (Lipinski definition) is 0. The SMILES string of the molecule is [2H]c1ccc(-c2cccc(-n3c4ccc(-n5c6ccccc6c6ccccc65)cc4c4cc(-n5c6ccccc6c6ccccc65)ccc43)c2)cc1. The molecule has 11 rings (SSSR count). The van der Waals surface area contributed by atoms with Crippen molar-refractivity contribution in [3.63, 3.8) is 0 Å². The second kappa shape index (κ2) is 10.8. The number of rotatable bonds is 4. The van der Waals surface area contributed by atoms with E-state index in [0.717, 1.165) is 39.2 Å². The Morgan fingerprint density at radius 2 is 0.647 bits per heavy atom. The van der Waals surface area contributed by atoms with Crippen molar-refractivity contribution in [2.24, 2.45) is 0 Å². The van der Waals surface area contributed by atoms with Crippen molar-refractivity contribution in [1.82, 2.24) is 13.7 Å². The van der Waals surface area contributed by atoms with E-state index in [4.69, 9.17) is 1.37 Å². The molecule has 0 saturated carbocycles. The molecular formula is C48H31N3. The third-order valence-corrected chi connectivity index (χ3v) is 10.6. The number of fused-ring (bicyclic) bond motifs is 9. The molecule has 8 aromatic carbocycles. The Morgan fingerprint density at radius 1 is 0.275 bits per heavy atom. The molecule has 0 atom stereocenters. The zero-order chi connectivity index (χ0) is 34.3. The Balaban J connectivity index is 1.21. The van der Waals surface area contributed by atoms with Crippen molar-refractivity contribution in [2.75, 3.05) is 0 Å². The summed E-state index contributed by atoms with van der Waals surface area (Å²) < 4.78 is 15.2. The van der Waals surface area contributed by atoms with Crippen molar-refractivity contribution in [3.8, 4) is 28.2 Å². The van der Waals surface area contributed by atoms with Crippen LogP contribution in [0.5, 0.6) is 0 Å². The highest BCUT2D eigenvalue weighted by molar-refractivity contribution is 6.14. The van der Waals surface area contributed by atoms with Crippen LogP contribution in [0.1, 0.15) is 1.37 Å². The van der Waals surface area contributed by atoms with Crippen molar-refractivity contribution < 1.29 is 1.37 Å². The van der Waals surface area contributed by atoms with Gasteiger partial charge in [0.2, 0.25) is 0 Å². The Morgan fingerprint density at radius 3 is 1.10 bits per heavy atom. The van der Waals surface area contributed by atoms with Gasteiger partial charge in [-0.3, -0.25) is 0 Å². The Hall–Kier alpha value is -6.84. The summed E-state index contributed by atoms with van der Waals surface area (Å²) in [5.74, 6) is 0. The van der Waals surface area contributed by atoms with Crippen LogP contribution in [0, 0.1) is 0 Å². The van der Waals surface area contributed by atoms with Crippen LogP contribution >= 0.6 is 0 Å². The lowest BCUT2D eigenvalue weighted by Gasteiger charge is -2.12. The molecule has 0 aliphatic heterocycles. The fraction of sp³-hybridized carbons (Fsp3) is 0. The van der Waals surface area contributed by atoms with Crippen LogP contribution < -0.4 is 0 Å². The van der Waals surface area contributed by atoms with Crippen LogP contribution in [-0.2, 0) is 0 Å². The summed E-state index contributed by atoms with van der Waals surface area (Å²) in [5.41, 5.74) is 12.7. The number of benzene rings is 8. The van der Waals surface area contributed by atoms with Gasteiger partial charge in [-0.2, -0.15) is 0 Å². The molecule has 238 valence electrons. The van der Waals surface area contributed by atoms with Crippen molar-refractivity contribution in [3.05, 3.63) is 188 Å². The summed E-state index contributed by atoms with van der Waals surface area (Å²) in [4.78, 5) is 0. The number of para-hydroxylation sites is 4. The predicted molar refractivity (Wildman–Crippen MR) is 215 cm³/mol. The topological polar surface area (TPSA) is 14.8 Å². The van der Waals surface area contributed by atoms with Crippen LogP contribution in [0.4, 0.5) is 0 Å². The molecule has 0 spiro atoms. The smallest absolute Gasteiger partial charge is 0.0623 e. The minimum Gasteiger partial charge on any atom is -0.309 e. The van der Waals surface area contributed by atoms with Gasteiger partial charge >= 0.3 is 0 Å². The van der Waals surface area contributed by atoms with E-state index in [2.05, 4.69) is 171 Å². The number of aromatic nitrogens is 3. The van der Waals surface area contributed by atoms with E-state index in [0.29, 0.717) is 6.04 Å². The average Bonchev–Trinajstić information content (AvgIpc) is 3.83. The van der Waals surface area contributed by atoms with Crippen molar-refractivity contribution >= 4 is 65.4 Å². The molecule has 0 bridgehead atoms. The molecule has 3 aromatic heterocycles. The Labute approximate surface area is 295 Å². The molecule has 0 unspecified atom stereocenters. The standard InChI is InChI=1S/C48H31N3/c1-2-13-32(14-3-1)33-15-12-16-34(29-33)49-47-27-25-35(50-43-21-8-4-17-37(43)38-18-5-9-22-44(38)50)30-41(47)42-31-36(26-28-48(42)49)51-45-23-10-6-19-39(45)40-20-7-11-24-46(40)51/h1-31H/i1D. The summed E-state index contributed by atoms with van der Waals surface area (Å²) in [5, 5.41) is 7.41. The van der Waals surface area contributed by atoms with Gasteiger partial charge in [0.1, 0.15) is 0 Å². The predicted octanol–water partition coefficient (Wildman–Crippen LogP) is 12.6. The van der Waals surface area contributed by atoms with E-state index in [1.165, 1.54) is 54.4 Å². The van der Waals surface area contributed by atoms with Gasteiger partial charge in [0.15, 0.2) is 0 Å². The maximum Gasteiger partial charge on any atom is 0.0623 e. The molecule has 0 saturated heterocycles. The van der Waals surface area contributed by atoms with Gasteiger partial charge in [-0.15, -0.1) is 0 Å². The number of hydrogen-bond donors (Lipinski definition) is 0. The van der Waals surface area contributed by atoms with E-state index in [1.807, 2.05) is 24.3 Å². The molecule has 3 heteroatoms. The lowest BCUT2D eigenvalue weighted by Crippen LogP contribution is -1.96. The van der Waals surface area contributed by atoms with Gasteiger partial charge < -0.3 is 13.7 Å². The summed E-state index contributed by atoms with van der Waals surface area (Å²) in [7, 11) is 0. The van der Waals surface area contributed by atoms with Gasteiger partial charge in [-0.05, 0) is 83.9 Å². The molecule has 3 nitrogen and oxygen atoms in total. The first-order valence-electron chi connectivity index (χ1n) is 17.9. The van der Waals surface area contributed by atoms with Gasteiger partial charge in [0.25, 0.3) is 0 Å². The molecule has 0 aliphatic rings. The molecule has 0 N–H and O–H groups in total. The monoisotopic (exact) mass is 650 g/mol. The third-order valence-electron chi connectivity index (χ3n) is 10.6. The zero-order valence-corrected chi connectivity index (χ0v) is 27.7. The summed E-state index contributed by atoms with van der Waals surface area (Å²) in [6.45, 7) is 0. The van der Waals surface area contributed by atoms with Gasteiger partial charge in [-0.1, -0.05) is 115 Å². The first-order chi connectivity index (χ1) is 25.7. The third kappa shape index (κ3) is 4.12. The highest BCUT2D eigenvalue weighted by Gasteiger charge is 2.19. The molecule has 51 heavy (non-hydrogen) atoms. The normalized spacial score (nSPS) is 12.2. The maximum atomic E-state index is 8.00. The average molecular weight is 651 g/mol. The molecule has 0 amide bonds. The van der Waals surface area contributed by atoms with Crippen LogP contribution in [0.3, 0.4) is 0 Å². The largest absolute Gasteiger partial charge is 0.309 e. The maximum absolute atomic E-state index is 8.00. The zero-order valence-electron chi connectivity index (χ0n) is 28.7. The van der Waals surface area contributed by atoms with Crippen LogP contribution in [0.25, 0.3) is 93.6 Å². The summed E-state index contributed by atoms with van der Waals surface area (Å²) in [6, 6.07) is 65.7. The summed E-state index contributed by atoms with van der Waals surface area (Å²) in [6.07, 6.45) is 0. The van der Waals surface area contributed by atoms with E-state index < -0.39 is 0 Å². The lowest BCUT2D eigenvalue weighted by atomic mass is 10.1. The van der Waals surface area contributed by atoms with Crippen LogP contribution in [0.2, 0.25) is 0 Å². The molecule has 0 radical (unpaired) electrons. The summed E-state index contributed by atoms with van der Waals surface area (Å²) >= 11 is 0. The molecule has 0 fully saturated rings. The van der Waals surface area contributed by atoms with Crippen molar-refractivity contribution in [2.45, 2.75) is 0 Å². The van der Waals surface area contributed by atoms with E-state index in [9.17, 15) is 0 Å². The molecule has 3 heterocycles. The quantitative estimate of drug-likeness (QED) is 0.180. The van der Waals surface area contributed by atoms with Crippen LogP contribution in [0.15, 0.2) is 188 Å². The fourth-order valence-electron chi connectivity index (χ4n) is 8.36. The van der Waals surface area contributed by atoms with Gasteiger partial charge in [0, 0.05) is 49.4 Å². The highest BCUT2D eigenvalue weighted by atomic mass is 15.0. The lowest BCUT2D eigenvalue weighted by molar-refractivity contribution is 1.16. The number of nitrogens with zero attached hydrogens (tertiary/aromatic N) is 3. The van der Waals surface area contributed by atoms with E-state index in [1.54, 1.807) is 0 Å². The molecule has 11 aromatic rings. The first kappa shape index (κ1) is 27.0. The highest BCUT2D eigenvalue weighted by Crippen LogP contribution is 2.39. The van der Waals surface area contributed by atoms with Crippen molar-refractivity contribution in [1.29, 1.82) is 0 Å². The second-order valence-corrected chi connectivity index (χ2v) is 13.3. The van der Waals surface area contributed by atoms with Gasteiger partial charge in [0.05, 0.1) is 34.5 Å².